The van der Waals surface area contributed by atoms with Gasteiger partial charge in [0.25, 0.3) is 0 Å². The summed E-state index contributed by atoms with van der Waals surface area (Å²) in [7, 11) is 0. The van der Waals surface area contributed by atoms with Crippen LogP contribution < -0.4 is 22.9 Å². The SMILES string of the molecule is CCC(C)=Nc1ccc(-c2ccc(N=C(C)CC)c(N=C(C)CC)c2)cc1N=C(C)CC.Nc1ccc(-c2ccc(N)c(N)c2)cc1N. The van der Waals surface area contributed by atoms with E-state index in [4.69, 9.17) is 42.9 Å². The number of benzene rings is 4. The lowest BCUT2D eigenvalue weighted by molar-refractivity contribution is 1.24. The Hall–Kier alpha value is -5.24. The highest BCUT2D eigenvalue weighted by atomic mass is 14.8. The normalized spacial score (nSPS) is 12.5. The lowest BCUT2D eigenvalue weighted by Gasteiger charge is -2.11. The third-order valence-electron chi connectivity index (χ3n) is 8.08. The van der Waals surface area contributed by atoms with Gasteiger partial charge in [0.1, 0.15) is 0 Å². The summed E-state index contributed by atoms with van der Waals surface area (Å²) in [5.74, 6) is 0. The summed E-state index contributed by atoms with van der Waals surface area (Å²) in [4.78, 5) is 19.3. The maximum atomic E-state index is 5.74. The first-order chi connectivity index (χ1) is 22.9. The third kappa shape index (κ3) is 10.4. The summed E-state index contributed by atoms with van der Waals surface area (Å²) in [6, 6.07) is 23.7. The number of anilines is 4. The molecule has 0 heterocycles. The molecule has 0 fully saturated rings. The van der Waals surface area contributed by atoms with E-state index in [0.29, 0.717) is 22.7 Å². The summed E-state index contributed by atoms with van der Waals surface area (Å²) < 4.78 is 0. The molecule has 0 radical (unpaired) electrons. The van der Waals surface area contributed by atoms with Crippen LogP contribution in [0.15, 0.2) is 92.8 Å². The Labute approximate surface area is 286 Å². The molecule has 8 N–H and O–H groups in total. The van der Waals surface area contributed by atoms with Gasteiger partial charge in [-0.2, -0.15) is 0 Å². The zero-order valence-electron chi connectivity index (χ0n) is 29.9. The van der Waals surface area contributed by atoms with Crippen LogP contribution in [0.1, 0.15) is 81.1 Å². The second-order valence-electron chi connectivity index (χ2n) is 11.9. The van der Waals surface area contributed by atoms with Crippen molar-refractivity contribution in [1.29, 1.82) is 0 Å². The Morgan fingerprint density at radius 2 is 0.646 bits per heavy atom. The summed E-state index contributed by atoms with van der Waals surface area (Å²) in [6.45, 7) is 16.8. The van der Waals surface area contributed by atoms with Crippen molar-refractivity contribution in [2.24, 2.45) is 20.0 Å². The highest BCUT2D eigenvalue weighted by Gasteiger charge is 2.10. The van der Waals surface area contributed by atoms with Gasteiger partial charge >= 0.3 is 0 Å². The molecule has 0 bridgehead atoms. The van der Waals surface area contributed by atoms with Crippen LogP contribution in [0.2, 0.25) is 0 Å². The molecular weight excluding hydrogens is 592 g/mol. The molecule has 0 aliphatic heterocycles. The van der Waals surface area contributed by atoms with Crippen LogP contribution >= 0.6 is 0 Å². The summed E-state index contributed by atoms with van der Waals surface area (Å²) in [5.41, 5.74) is 37.3. The molecule has 0 aliphatic carbocycles. The Morgan fingerprint density at radius 3 is 0.938 bits per heavy atom. The van der Waals surface area contributed by atoms with Crippen molar-refractivity contribution in [1.82, 2.24) is 0 Å². The molecule has 8 heteroatoms. The van der Waals surface area contributed by atoms with Gasteiger partial charge in [-0.1, -0.05) is 52.0 Å². The Bertz CT molecular complexity index is 1710. The number of nitrogen functional groups attached to an aromatic ring is 4. The standard InChI is InChI=1S/C28H38N4.C12H14N4/c1-9-19(5)29-25-15-13-23(17-27(25)31-21(7)11-3)24-14-16-26(30-20(6)10-2)28(18-24)32-22(8)12-4;13-9-3-1-7(5-11(9)15)8-2-4-10(14)12(16)6-8/h13-18H,9-12H2,1-8H3;1-6H,13-16H2. The van der Waals surface area contributed by atoms with Gasteiger partial charge in [-0.25, -0.2) is 0 Å². The van der Waals surface area contributed by atoms with Crippen LogP contribution in [0, 0.1) is 0 Å². The third-order valence-corrected chi connectivity index (χ3v) is 8.08. The molecule has 0 atom stereocenters. The van der Waals surface area contributed by atoms with Gasteiger partial charge in [-0.05, 0) is 124 Å². The van der Waals surface area contributed by atoms with Crippen molar-refractivity contribution >= 4 is 68.3 Å². The number of nitrogens with zero attached hydrogens (tertiary/aromatic N) is 4. The van der Waals surface area contributed by atoms with Crippen molar-refractivity contribution in [3.63, 3.8) is 0 Å². The smallest absolute Gasteiger partial charge is 0.0891 e. The van der Waals surface area contributed by atoms with Crippen molar-refractivity contribution in [3.8, 4) is 22.3 Å². The Morgan fingerprint density at radius 1 is 0.375 bits per heavy atom. The zero-order valence-corrected chi connectivity index (χ0v) is 29.9. The molecule has 48 heavy (non-hydrogen) atoms. The first-order valence-electron chi connectivity index (χ1n) is 16.6. The summed E-state index contributed by atoms with van der Waals surface area (Å²) >= 11 is 0. The molecule has 0 unspecified atom stereocenters. The average molecular weight is 645 g/mol. The van der Waals surface area contributed by atoms with Gasteiger partial charge in [-0.3, -0.25) is 20.0 Å². The molecule has 4 aromatic carbocycles. The predicted molar refractivity (Wildman–Crippen MR) is 214 cm³/mol. The maximum absolute atomic E-state index is 5.74. The van der Waals surface area contributed by atoms with Gasteiger partial charge in [-0.15, -0.1) is 0 Å². The maximum Gasteiger partial charge on any atom is 0.0891 e. The Kier molecular flexibility index (Phi) is 13.7. The number of aliphatic imine (C=N–C) groups is 4. The van der Waals surface area contributed by atoms with Gasteiger partial charge in [0, 0.05) is 22.8 Å². The molecule has 0 aliphatic rings. The molecule has 8 nitrogen and oxygen atoms in total. The van der Waals surface area contributed by atoms with Crippen LogP contribution in [0.25, 0.3) is 22.3 Å². The molecular formula is C40H52N8. The fourth-order valence-corrected chi connectivity index (χ4v) is 4.42. The van der Waals surface area contributed by atoms with Crippen molar-refractivity contribution in [2.75, 3.05) is 22.9 Å². The number of rotatable bonds is 10. The number of nitrogens with two attached hydrogens (primary N) is 4. The first kappa shape index (κ1) is 37.2. The molecule has 4 rings (SSSR count). The van der Waals surface area contributed by atoms with E-state index in [1.807, 2.05) is 24.3 Å². The molecule has 0 spiro atoms. The van der Waals surface area contributed by atoms with E-state index in [0.717, 1.165) is 93.5 Å². The van der Waals surface area contributed by atoms with Crippen LogP contribution in [-0.2, 0) is 0 Å². The van der Waals surface area contributed by atoms with Crippen LogP contribution in [0.5, 0.6) is 0 Å². The molecule has 4 aromatic rings. The first-order valence-corrected chi connectivity index (χ1v) is 16.6. The fourth-order valence-electron chi connectivity index (χ4n) is 4.42. The van der Waals surface area contributed by atoms with E-state index in [1.54, 1.807) is 12.1 Å². The number of hydrogen-bond acceptors (Lipinski definition) is 8. The minimum absolute atomic E-state index is 0.563. The van der Waals surface area contributed by atoms with E-state index in [2.05, 4.69) is 91.8 Å². The van der Waals surface area contributed by atoms with Crippen molar-refractivity contribution < 1.29 is 0 Å². The second-order valence-corrected chi connectivity index (χ2v) is 11.9. The monoisotopic (exact) mass is 644 g/mol. The highest BCUT2D eigenvalue weighted by molar-refractivity contribution is 5.92. The molecule has 0 amide bonds. The van der Waals surface area contributed by atoms with Gasteiger partial charge < -0.3 is 22.9 Å². The second kappa shape index (κ2) is 17.6. The van der Waals surface area contributed by atoms with E-state index >= 15 is 0 Å². The summed E-state index contributed by atoms with van der Waals surface area (Å²) in [5, 5.41) is 0. The predicted octanol–water partition coefficient (Wildman–Crippen LogP) is 11.0. The fraction of sp³-hybridized carbons (Fsp3) is 0.300. The largest absolute Gasteiger partial charge is 0.397 e. The molecule has 0 aromatic heterocycles. The minimum atomic E-state index is 0.563. The minimum Gasteiger partial charge on any atom is -0.397 e. The van der Waals surface area contributed by atoms with Crippen LogP contribution in [0.3, 0.4) is 0 Å². The van der Waals surface area contributed by atoms with Gasteiger partial charge in [0.2, 0.25) is 0 Å². The highest BCUT2D eigenvalue weighted by Crippen LogP contribution is 2.38. The number of hydrogen-bond donors (Lipinski definition) is 4. The zero-order chi connectivity index (χ0) is 35.4. The molecule has 0 saturated heterocycles. The lowest BCUT2D eigenvalue weighted by atomic mass is 10.0. The van der Waals surface area contributed by atoms with Crippen LogP contribution in [0.4, 0.5) is 45.5 Å². The average Bonchev–Trinajstić information content (AvgIpc) is 3.08. The van der Waals surface area contributed by atoms with Gasteiger partial charge in [0.15, 0.2) is 0 Å². The quantitative estimate of drug-likeness (QED) is 0.100. The Balaban J connectivity index is 0.000000324. The van der Waals surface area contributed by atoms with E-state index in [1.165, 1.54) is 0 Å². The molecule has 0 saturated carbocycles. The van der Waals surface area contributed by atoms with Crippen molar-refractivity contribution in [2.45, 2.75) is 81.1 Å². The topological polar surface area (TPSA) is 154 Å². The van der Waals surface area contributed by atoms with E-state index in [9.17, 15) is 0 Å². The lowest BCUT2D eigenvalue weighted by Crippen LogP contribution is -1.96. The van der Waals surface area contributed by atoms with Crippen molar-refractivity contribution in [3.05, 3.63) is 72.8 Å². The molecule has 252 valence electrons. The van der Waals surface area contributed by atoms with E-state index in [-0.39, 0.29) is 0 Å². The van der Waals surface area contributed by atoms with E-state index < -0.39 is 0 Å². The van der Waals surface area contributed by atoms with Crippen LogP contribution in [-0.4, -0.2) is 22.8 Å². The van der Waals surface area contributed by atoms with Gasteiger partial charge in [0.05, 0.1) is 45.5 Å². The summed E-state index contributed by atoms with van der Waals surface area (Å²) in [6.07, 6.45) is 3.68.